The first-order chi connectivity index (χ1) is 17.0. The molecule has 0 spiro atoms. The van der Waals surface area contributed by atoms with Crippen LogP contribution in [0.2, 0.25) is 0 Å². The number of carbonyl (C=O) groups excluding carboxylic acids is 2. The molecule has 1 atom stereocenters. The van der Waals surface area contributed by atoms with Crippen molar-refractivity contribution < 1.29 is 28.9 Å². The van der Waals surface area contributed by atoms with E-state index in [0.717, 1.165) is 18.7 Å². The van der Waals surface area contributed by atoms with Crippen molar-refractivity contribution >= 4 is 17.4 Å². The summed E-state index contributed by atoms with van der Waals surface area (Å²) in [5, 5.41) is 11.4. The quantitative estimate of drug-likeness (QED) is 0.353. The van der Waals surface area contributed by atoms with Gasteiger partial charge in [0.2, 0.25) is 0 Å². The number of Topliss-reactive ketones (excluding diaryl/α,β-unsaturated/α-hetero) is 1. The van der Waals surface area contributed by atoms with E-state index in [1.165, 1.54) is 0 Å². The average molecular weight is 481 g/mol. The molecule has 1 amide bonds. The predicted octanol–water partition coefficient (Wildman–Crippen LogP) is 3.16. The zero-order chi connectivity index (χ0) is 24.9. The summed E-state index contributed by atoms with van der Waals surface area (Å²) < 4.78 is 16.6. The molecular weight excluding hydrogens is 448 g/mol. The molecule has 0 bridgehead atoms. The van der Waals surface area contributed by atoms with Crippen LogP contribution in [0.5, 0.6) is 11.5 Å². The number of para-hydroxylation sites is 1. The Morgan fingerprint density at radius 2 is 1.86 bits per heavy atom. The number of ether oxygens (including phenoxy) is 3. The highest BCUT2D eigenvalue weighted by molar-refractivity contribution is 6.46. The second-order valence-electron chi connectivity index (χ2n) is 8.60. The molecule has 0 unspecified atom stereocenters. The second kappa shape index (κ2) is 10.9. The monoisotopic (exact) mass is 480 g/mol. The van der Waals surface area contributed by atoms with Crippen molar-refractivity contribution in [2.24, 2.45) is 0 Å². The highest BCUT2D eigenvalue weighted by Crippen LogP contribution is 2.43. The van der Waals surface area contributed by atoms with Crippen LogP contribution in [0.25, 0.3) is 5.76 Å². The standard InChI is InChI=1S/C27H32N2O6/c1-4-35-22-8-6-5-7-21(22)24-23(25(30)20-10-9-19(33-3)17-18(20)2)26(31)27(32)29(24)12-11-28-13-15-34-16-14-28/h5-10,17,24,30H,4,11-16H2,1-3H3/t24-/m0/s1. The van der Waals surface area contributed by atoms with Crippen LogP contribution in [0.4, 0.5) is 0 Å². The number of benzene rings is 2. The van der Waals surface area contributed by atoms with E-state index in [2.05, 4.69) is 4.90 Å². The topological polar surface area (TPSA) is 88.5 Å². The Labute approximate surface area is 205 Å². The van der Waals surface area contributed by atoms with E-state index in [0.29, 0.717) is 55.5 Å². The second-order valence-corrected chi connectivity index (χ2v) is 8.60. The SMILES string of the molecule is CCOc1ccccc1[C@H]1C(=C(O)c2ccc(OC)cc2C)C(=O)C(=O)N1CCN1CCOCC1. The Morgan fingerprint density at radius 1 is 1.11 bits per heavy atom. The summed E-state index contributed by atoms with van der Waals surface area (Å²) in [6, 6.07) is 11.8. The predicted molar refractivity (Wildman–Crippen MR) is 132 cm³/mol. The van der Waals surface area contributed by atoms with E-state index in [9.17, 15) is 14.7 Å². The summed E-state index contributed by atoms with van der Waals surface area (Å²) in [5.41, 5.74) is 1.95. The van der Waals surface area contributed by atoms with Crippen LogP contribution in [-0.2, 0) is 14.3 Å². The lowest BCUT2D eigenvalue weighted by Gasteiger charge is -2.31. The van der Waals surface area contributed by atoms with Gasteiger partial charge in [0.1, 0.15) is 17.3 Å². The first kappa shape index (κ1) is 24.8. The third-order valence-corrected chi connectivity index (χ3v) is 6.50. The Hall–Kier alpha value is -3.36. The van der Waals surface area contributed by atoms with Gasteiger partial charge >= 0.3 is 0 Å². The van der Waals surface area contributed by atoms with Crippen molar-refractivity contribution in [3.63, 3.8) is 0 Å². The Kier molecular flexibility index (Phi) is 7.73. The number of aliphatic hydroxyl groups is 1. The number of amides is 1. The number of aryl methyl sites for hydroxylation is 1. The fraction of sp³-hybridized carbons (Fsp3) is 0.407. The van der Waals surface area contributed by atoms with Crippen molar-refractivity contribution in [1.29, 1.82) is 0 Å². The molecule has 2 aliphatic heterocycles. The number of likely N-dealkylation sites (tertiary alicyclic amines) is 1. The van der Waals surface area contributed by atoms with Crippen molar-refractivity contribution in [2.45, 2.75) is 19.9 Å². The van der Waals surface area contributed by atoms with Gasteiger partial charge in [0.05, 0.1) is 38.5 Å². The molecule has 0 aliphatic carbocycles. The first-order valence-electron chi connectivity index (χ1n) is 11.9. The van der Waals surface area contributed by atoms with Gasteiger partial charge in [0.25, 0.3) is 11.7 Å². The minimum Gasteiger partial charge on any atom is -0.507 e. The maximum Gasteiger partial charge on any atom is 0.295 e. The van der Waals surface area contributed by atoms with Crippen molar-refractivity contribution in [2.75, 3.05) is 53.1 Å². The number of methoxy groups -OCH3 is 1. The molecule has 2 saturated heterocycles. The average Bonchev–Trinajstić information content (AvgIpc) is 3.13. The van der Waals surface area contributed by atoms with Crippen LogP contribution >= 0.6 is 0 Å². The number of hydrogen-bond donors (Lipinski definition) is 1. The zero-order valence-corrected chi connectivity index (χ0v) is 20.5. The number of nitrogens with zero attached hydrogens (tertiary/aromatic N) is 2. The molecular formula is C27H32N2O6. The maximum atomic E-state index is 13.4. The third kappa shape index (κ3) is 5.04. The normalized spacial score (nSPS) is 20.3. The summed E-state index contributed by atoms with van der Waals surface area (Å²) in [4.78, 5) is 30.4. The largest absolute Gasteiger partial charge is 0.507 e. The fourth-order valence-corrected chi connectivity index (χ4v) is 4.68. The van der Waals surface area contributed by atoms with Crippen molar-refractivity contribution in [3.05, 3.63) is 64.7 Å². The van der Waals surface area contributed by atoms with Crippen LogP contribution in [0, 0.1) is 6.92 Å². The minimum absolute atomic E-state index is 0.0670. The third-order valence-electron chi connectivity index (χ3n) is 6.50. The smallest absolute Gasteiger partial charge is 0.295 e. The number of aliphatic hydroxyl groups excluding tert-OH is 1. The van der Waals surface area contributed by atoms with Gasteiger partial charge in [-0.15, -0.1) is 0 Å². The van der Waals surface area contributed by atoms with E-state index < -0.39 is 17.7 Å². The van der Waals surface area contributed by atoms with Gasteiger partial charge in [-0.1, -0.05) is 18.2 Å². The number of carbonyl (C=O) groups is 2. The Morgan fingerprint density at radius 3 is 2.54 bits per heavy atom. The number of morpholine rings is 1. The number of hydrogen-bond acceptors (Lipinski definition) is 7. The lowest BCUT2D eigenvalue weighted by Crippen LogP contribution is -2.42. The van der Waals surface area contributed by atoms with E-state index >= 15 is 0 Å². The molecule has 1 N–H and O–H groups in total. The summed E-state index contributed by atoms with van der Waals surface area (Å²) >= 11 is 0. The highest BCUT2D eigenvalue weighted by atomic mass is 16.5. The Balaban J connectivity index is 1.80. The number of ketones is 1. The zero-order valence-electron chi connectivity index (χ0n) is 20.5. The van der Waals surface area contributed by atoms with E-state index in [-0.39, 0.29) is 11.3 Å². The van der Waals surface area contributed by atoms with Gasteiger partial charge < -0.3 is 24.2 Å². The number of rotatable bonds is 8. The van der Waals surface area contributed by atoms with Crippen LogP contribution in [0.1, 0.15) is 29.7 Å². The van der Waals surface area contributed by atoms with Gasteiger partial charge in [0.15, 0.2) is 0 Å². The van der Waals surface area contributed by atoms with Crippen LogP contribution in [0.15, 0.2) is 48.0 Å². The van der Waals surface area contributed by atoms with E-state index in [4.69, 9.17) is 14.2 Å². The Bertz CT molecular complexity index is 1120. The summed E-state index contributed by atoms with van der Waals surface area (Å²) in [6.07, 6.45) is 0. The van der Waals surface area contributed by atoms with Crippen molar-refractivity contribution in [1.82, 2.24) is 9.80 Å². The molecule has 8 nitrogen and oxygen atoms in total. The lowest BCUT2D eigenvalue weighted by molar-refractivity contribution is -0.140. The molecule has 2 aromatic rings. The summed E-state index contributed by atoms with van der Waals surface area (Å²) in [6.45, 7) is 7.92. The first-order valence-corrected chi connectivity index (χ1v) is 11.9. The van der Waals surface area contributed by atoms with Gasteiger partial charge in [0, 0.05) is 37.3 Å². The van der Waals surface area contributed by atoms with Gasteiger partial charge in [-0.2, -0.15) is 0 Å². The summed E-state index contributed by atoms with van der Waals surface area (Å²) in [7, 11) is 1.57. The molecule has 2 fully saturated rings. The van der Waals surface area contributed by atoms with Gasteiger partial charge in [-0.3, -0.25) is 14.5 Å². The molecule has 0 radical (unpaired) electrons. The van der Waals surface area contributed by atoms with Crippen LogP contribution in [0.3, 0.4) is 0 Å². The molecule has 0 aromatic heterocycles. The molecule has 0 saturated carbocycles. The maximum absolute atomic E-state index is 13.4. The molecule has 2 aromatic carbocycles. The van der Waals surface area contributed by atoms with Gasteiger partial charge in [-0.05, 0) is 43.7 Å². The van der Waals surface area contributed by atoms with E-state index in [1.807, 2.05) is 38.1 Å². The highest BCUT2D eigenvalue weighted by Gasteiger charge is 2.47. The molecule has 4 rings (SSSR count). The molecule has 8 heteroatoms. The molecule has 2 heterocycles. The van der Waals surface area contributed by atoms with Gasteiger partial charge in [-0.25, -0.2) is 0 Å². The van der Waals surface area contributed by atoms with E-state index in [1.54, 1.807) is 30.2 Å². The lowest BCUT2D eigenvalue weighted by atomic mass is 9.93. The summed E-state index contributed by atoms with van der Waals surface area (Å²) in [5.74, 6) is -0.300. The van der Waals surface area contributed by atoms with Crippen LogP contribution in [-0.4, -0.2) is 79.7 Å². The van der Waals surface area contributed by atoms with Crippen molar-refractivity contribution in [3.8, 4) is 11.5 Å². The minimum atomic E-state index is -0.764. The fourth-order valence-electron chi connectivity index (χ4n) is 4.68. The van der Waals surface area contributed by atoms with Crippen LogP contribution < -0.4 is 9.47 Å². The molecule has 2 aliphatic rings. The molecule has 35 heavy (non-hydrogen) atoms. The molecule has 186 valence electrons.